The Bertz CT molecular complexity index is 3130. The van der Waals surface area contributed by atoms with Crippen LogP contribution < -0.4 is 0 Å². The van der Waals surface area contributed by atoms with Gasteiger partial charge in [-0.15, -0.1) is 22.7 Å². The Morgan fingerprint density at radius 1 is 0.412 bits per heavy atom. The zero-order valence-corrected chi connectivity index (χ0v) is 28.9. The molecule has 51 heavy (non-hydrogen) atoms. The number of rotatable bonds is 4. The fraction of sp³-hybridized carbons (Fsp3) is 0. The van der Waals surface area contributed by atoms with Gasteiger partial charge in [0.05, 0.1) is 22.4 Å². The van der Waals surface area contributed by atoms with E-state index in [2.05, 4.69) is 168 Å². The highest BCUT2D eigenvalue weighted by Crippen LogP contribution is 2.46. The molecule has 238 valence electrons. The minimum absolute atomic E-state index is 0.731. The summed E-state index contributed by atoms with van der Waals surface area (Å²) in [6.45, 7) is 0. The second-order valence-corrected chi connectivity index (χ2v) is 15.1. The second kappa shape index (κ2) is 11.2. The molecule has 0 radical (unpaired) electrons. The molecule has 0 aliphatic carbocycles. The van der Waals surface area contributed by atoms with Crippen molar-refractivity contribution < 1.29 is 0 Å². The van der Waals surface area contributed by atoms with Gasteiger partial charge in [-0.2, -0.15) is 0 Å². The van der Waals surface area contributed by atoms with Gasteiger partial charge in [0, 0.05) is 73.5 Å². The van der Waals surface area contributed by atoms with E-state index in [-0.39, 0.29) is 0 Å². The van der Waals surface area contributed by atoms with E-state index in [1.54, 1.807) is 0 Å². The molecule has 0 N–H and O–H groups in total. The van der Waals surface area contributed by atoms with Crippen LogP contribution in [0, 0.1) is 0 Å². The summed E-state index contributed by atoms with van der Waals surface area (Å²) in [6, 6.07) is 58.6. The molecule has 0 spiro atoms. The highest BCUT2D eigenvalue weighted by Gasteiger charge is 2.20. The van der Waals surface area contributed by atoms with Crippen LogP contribution in [0.3, 0.4) is 0 Å². The molecular weight excluding hydrogens is 659 g/mol. The monoisotopic (exact) mass is 685 g/mol. The third-order valence-corrected chi connectivity index (χ3v) is 12.4. The highest BCUT2D eigenvalue weighted by molar-refractivity contribution is 7.27. The molecule has 0 bridgehead atoms. The lowest BCUT2D eigenvalue weighted by atomic mass is 10.0. The average Bonchev–Trinajstić information content (AvgIpc) is 3.87. The number of fused-ring (bicyclic) bond motifs is 10. The summed E-state index contributed by atoms with van der Waals surface area (Å²) in [4.78, 5) is 10.5. The summed E-state index contributed by atoms with van der Waals surface area (Å²) in [7, 11) is 0. The molecular formula is C46H27N3S2. The van der Waals surface area contributed by atoms with Gasteiger partial charge in [-0.3, -0.25) is 0 Å². The van der Waals surface area contributed by atoms with Crippen LogP contribution in [0.1, 0.15) is 0 Å². The smallest absolute Gasteiger partial charge is 0.160 e. The number of nitrogens with zero attached hydrogens (tertiary/aromatic N) is 3. The quantitative estimate of drug-likeness (QED) is 0.185. The molecule has 3 nitrogen and oxygen atoms in total. The minimum atomic E-state index is 0.731. The number of aromatic nitrogens is 3. The van der Waals surface area contributed by atoms with Crippen LogP contribution in [-0.2, 0) is 0 Å². The molecule has 0 saturated carbocycles. The normalized spacial score (nSPS) is 11.9. The lowest BCUT2D eigenvalue weighted by Crippen LogP contribution is -1.96. The topological polar surface area (TPSA) is 30.7 Å². The lowest BCUT2D eigenvalue weighted by molar-refractivity contribution is 1.18. The molecule has 0 unspecified atom stereocenters. The van der Waals surface area contributed by atoms with E-state index in [9.17, 15) is 0 Å². The first kappa shape index (κ1) is 28.7. The van der Waals surface area contributed by atoms with Crippen molar-refractivity contribution >= 4 is 84.8 Å². The van der Waals surface area contributed by atoms with Gasteiger partial charge in [-0.1, -0.05) is 109 Å². The van der Waals surface area contributed by atoms with Gasteiger partial charge in [-0.25, -0.2) is 9.97 Å². The third-order valence-electron chi connectivity index (χ3n) is 10.0. The summed E-state index contributed by atoms with van der Waals surface area (Å²) >= 11 is 3.70. The Balaban J connectivity index is 1.17. The average molecular weight is 686 g/mol. The van der Waals surface area contributed by atoms with Crippen molar-refractivity contribution in [3.8, 4) is 39.6 Å². The van der Waals surface area contributed by atoms with Crippen LogP contribution in [0.15, 0.2) is 164 Å². The predicted octanol–water partition coefficient (Wildman–Crippen LogP) is 13.3. The summed E-state index contributed by atoms with van der Waals surface area (Å²) in [5, 5.41) is 7.60. The van der Waals surface area contributed by atoms with E-state index in [1.165, 1.54) is 67.8 Å². The van der Waals surface area contributed by atoms with Gasteiger partial charge in [0.25, 0.3) is 0 Å². The van der Waals surface area contributed by atoms with Gasteiger partial charge in [0.2, 0.25) is 0 Å². The van der Waals surface area contributed by atoms with E-state index >= 15 is 0 Å². The van der Waals surface area contributed by atoms with Gasteiger partial charge in [0.1, 0.15) is 0 Å². The molecule has 4 heterocycles. The Hall–Kier alpha value is -6.14. The Labute approximate surface area is 301 Å². The first-order valence-corrected chi connectivity index (χ1v) is 18.7. The number of thiophene rings is 2. The number of hydrogen-bond acceptors (Lipinski definition) is 4. The second-order valence-electron chi connectivity index (χ2n) is 12.9. The van der Waals surface area contributed by atoms with Crippen molar-refractivity contribution in [2.75, 3.05) is 0 Å². The van der Waals surface area contributed by atoms with Crippen molar-refractivity contribution in [1.29, 1.82) is 0 Å². The van der Waals surface area contributed by atoms with Crippen molar-refractivity contribution in [2.45, 2.75) is 0 Å². The zero-order valence-electron chi connectivity index (χ0n) is 27.2. The number of benzene rings is 7. The summed E-state index contributed by atoms with van der Waals surface area (Å²) in [6.07, 6.45) is 0. The van der Waals surface area contributed by atoms with Crippen LogP contribution in [0.4, 0.5) is 0 Å². The Morgan fingerprint density at radius 3 is 2.00 bits per heavy atom. The van der Waals surface area contributed by atoms with Crippen LogP contribution >= 0.6 is 22.7 Å². The first-order chi connectivity index (χ1) is 25.3. The lowest BCUT2D eigenvalue weighted by Gasteiger charge is -2.10. The van der Waals surface area contributed by atoms with Crippen molar-refractivity contribution in [2.24, 2.45) is 0 Å². The summed E-state index contributed by atoms with van der Waals surface area (Å²) < 4.78 is 7.50. The minimum Gasteiger partial charge on any atom is -0.309 e. The van der Waals surface area contributed by atoms with E-state index in [0.29, 0.717) is 0 Å². The van der Waals surface area contributed by atoms with Gasteiger partial charge in [-0.05, 0) is 54.6 Å². The predicted molar refractivity (Wildman–Crippen MR) is 218 cm³/mol. The molecule has 11 rings (SSSR count). The molecule has 0 amide bonds. The molecule has 0 atom stereocenters. The molecule has 0 aliphatic heterocycles. The summed E-state index contributed by atoms with van der Waals surface area (Å²) in [5.41, 5.74) is 8.65. The fourth-order valence-electron chi connectivity index (χ4n) is 7.70. The standard InChI is InChI=1S/C46H27N3S2/c1-3-12-28(13-4-1)37-27-38(48-46(47-37)29-22-25-42-36(26-29)31-16-8-10-21-41(31)50-42)34-19-11-18-32-33-23-24-40-43(45(33)51-44(32)34)35-17-7-9-20-39(35)49(40)30-14-5-2-6-15-30/h1-27H. The maximum atomic E-state index is 5.34. The number of para-hydroxylation sites is 2. The largest absolute Gasteiger partial charge is 0.309 e. The van der Waals surface area contributed by atoms with Gasteiger partial charge in [0.15, 0.2) is 5.82 Å². The molecule has 11 aromatic rings. The highest BCUT2D eigenvalue weighted by atomic mass is 32.1. The van der Waals surface area contributed by atoms with Crippen molar-refractivity contribution in [3.63, 3.8) is 0 Å². The van der Waals surface area contributed by atoms with E-state index in [1.807, 2.05) is 22.7 Å². The Kier molecular flexibility index (Phi) is 6.29. The van der Waals surface area contributed by atoms with Crippen molar-refractivity contribution in [3.05, 3.63) is 164 Å². The zero-order chi connectivity index (χ0) is 33.5. The first-order valence-electron chi connectivity index (χ1n) is 17.1. The van der Waals surface area contributed by atoms with Crippen molar-refractivity contribution in [1.82, 2.24) is 14.5 Å². The van der Waals surface area contributed by atoms with Gasteiger partial charge >= 0.3 is 0 Å². The van der Waals surface area contributed by atoms with E-state index in [0.717, 1.165) is 33.9 Å². The Morgan fingerprint density at radius 2 is 1.12 bits per heavy atom. The fourth-order valence-corrected chi connectivity index (χ4v) is 10.2. The molecule has 7 aromatic carbocycles. The van der Waals surface area contributed by atoms with E-state index < -0.39 is 0 Å². The third kappa shape index (κ3) is 4.42. The maximum Gasteiger partial charge on any atom is 0.160 e. The van der Waals surface area contributed by atoms with Crippen LogP contribution in [0.5, 0.6) is 0 Å². The molecule has 4 aromatic heterocycles. The molecule has 0 saturated heterocycles. The molecule has 0 aliphatic rings. The SMILES string of the molecule is c1ccc(-c2cc(-c3cccc4c3sc3c4ccc4c3c3ccccc3n4-c3ccccc3)nc(-c3ccc4sc5ccccc5c4c3)n2)cc1. The molecule has 5 heteroatoms. The van der Waals surface area contributed by atoms with E-state index in [4.69, 9.17) is 9.97 Å². The van der Waals surface area contributed by atoms with Gasteiger partial charge < -0.3 is 4.57 Å². The maximum absolute atomic E-state index is 5.34. The number of hydrogen-bond donors (Lipinski definition) is 0. The summed E-state index contributed by atoms with van der Waals surface area (Å²) in [5.74, 6) is 0.731. The van der Waals surface area contributed by atoms with Crippen LogP contribution in [-0.4, -0.2) is 14.5 Å². The van der Waals surface area contributed by atoms with Crippen LogP contribution in [0.25, 0.3) is 102 Å². The molecule has 0 fully saturated rings. The van der Waals surface area contributed by atoms with Crippen LogP contribution in [0.2, 0.25) is 0 Å².